The minimum atomic E-state index is -0.624. The van der Waals surface area contributed by atoms with Crippen LogP contribution < -0.4 is 4.74 Å². The maximum Gasteiger partial charge on any atom is 0.218 e. The van der Waals surface area contributed by atoms with E-state index < -0.39 is 5.41 Å². The molecule has 0 aromatic carbocycles. The first-order valence-electron chi connectivity index (χ1n) is 5.49. The lowest BCUT2D eigenvalue weighted by atomic mass is 9.82. The van der Waals surface area contributed by atoms with E-state index in [-0.39, 0.29) is 0 Å². The molecule has 90 valence electrons. The fourth-order valence-electron chi connectivity index (χ4n) is 1.95. The van der Waals surface area contributed by atoms with Crippen LogP contribution in [0, 0.1) is 11.3 Å². The van der Waals surface area contributed by atoms with Crippen molar-refractivity contribution < 1.29 is 9.47 Å². The summed E-state index contributed by atoms with van der Waals surface area (Å²) < 4.78 is 11.7. The Morgan fingerprint density at radius 2 is 2.53 bits per heavy atom. The normalized spacial score (nSPS) is 23.4. The zero-order valence-corrected chi connectivity index (χ0v) is 11.2. The van der Waals surface area contributed by atoms with E-state index in [1.54, 1.807) is 6.20 Å². The van der Waals surface area contributed by atoms with Crippen molar-refractivity contribution in [3.8, 4) is 11.9 Å². The van der Waals surface area contributed by atoms with Crippen LogP contribution in [0.4, 0.5) is 0 Å². The number of ether oxygens (including phenoxy) is 2. The van der Waals surface area contributed by atoms with Crippen LogP contribution in [0.5, 0.6) is 5.88 Å². The summed E-state index contributed by atoms with van der Waals surface area (Å²) in [6, 6.07) is 4.25. The first kappa shape index (κ1) is 12.3. The molecule has 0 bridgehead atoms. The van der Waals surface area contributed by atoms with Gasteiger partial charge < -0.3 is 9.47 Å². The van der Waals surface area contributed by atoms with Crippen molar-refractivity contribution in [2.45, 2.75) is 18.8 Å². The number of hydrogen-bond acceptors (Lipinski definition) is 4. The molecular weight excluding hydrogens is 284 g/mol. The van der Waals surface area contributed by atoms with Crippen LogP contribution in [0.25, 0.3) is 0 Å². The van der Waals surface area contributed by atoms with E-state index in [0.29, 0.717) is 32.1 Å². The maximum absolute atomic E-state index is 9.42. The molecule has 0 saturated carbocycles. The molecular formula is C12H13BrN2O2. The molecule has 0 amide bonds. The lowest BCUT2D eigenvalue weighted by Gasteiger charge is -2.21. The molecule has 0 N–H and O–H groups in total. The molecule has 0 radical (unpaired) electrons. The van der Waals surface area contributed by atoms with Crippen molar-refractivity contribution in [3.05, 3.63) is 22.3 Å². The van der Waals surface area contributed by atoms with Gasteiger partial charge in [-0.3, -0.25) is 0 Å². The van der Waals surface area contributed by atoms with Crippen molar-refractivity contribution in [2.75, 3.05) is 19.8 Å². The van der Waals surface area contributed by atoms with Gasteiger partial charge >= 0.3 is 0 Å². The van der Waals surface area contributed by atoms with Crippen molar-refractivity contribution in [2.24, 2.45) is 0 Å². The van der Waals surface area contributed by atoms with Gasteiger partial charge in [-0.15, -0.1) is 0 Å². The summed E-state index contributed by atoms with van der Waals surface area (Å²) in [4.78, 5) is 4.23. The first-order valence-corrected chi connectivity index (χ1v) is 6.29. The minimum absolute atomic E-state index is 0.404. The predicted molar refractivity (Wildman–Crippen MR) is 65.8 cm³/mol. The Morgan fingerprint density at radius 1 is 1.71 bits per heavy atom. The summed E-state index contributed by atoms with van der Waals surface area (Å²) in [7, 11) is 0. The van der Waals surface area contributed by atoms with E-state index >= 15 is 0 Å². The van der Waals surface area contributed by atoms with Crippen LogP contribution in [0.15, 0.2) is 16.7 Å². The van der Waals surface area contributed by atoms with E-state index in [9.17, 15) is 5.26 Å². The number of nitrogens with zero attached hydrogens (tertiary/aromatic N) is 2. The molecule has 1 fully saturated rings. The Bertz CT molecular complexity index is 450. The topological polar surface area (TPSA) is 55.1 Å². The van der Waals surface area contributed by atoms with Crippen LogP contribution in [-0.4, -0.2) is 24.8 Å². The molecule has 1 aliphatic heterocycles. The molecule has 1 aromatic rings. The Kier molecular flexibility index (Phi) is 3.65. The zero-order valence-electron chi connectivity index (χ0n) is 9.57. The minimum Gasteiger partial charge on any atom is -0.478 e. The molecule has 2 heterocycles. The van der Waals surface area contributed by atoms with E-state index in [0.717, 1.165) is 10.0 Å². The van der Waals surface area contributed by atoms with E-state index in [1.165, 1.54) is 0 Å². The standard InChI is InChI=1S/C12H13BrN2O2/c1-2-17-11-10(5-9(13)6-15-11)12(7-14)3-4-16-8-12/h5-6H,2-4,8H2,1H3. The molecule has 1 aliphatic rings. The molecule has 4 nitrogen and oxygen atoms in total. The maximum atomic E-state index is 9.42. The van der Waals surface area contributed by atoms with Gasteiger partial charge in [-0.25, -0.2) is 4.98 Å². The largest absolute Gasteiger partial charge is 0.478 e. The fourth-order valence-corrected chi connectivity index (χ4v) is 2.28. The quantitative estimate of drug-likeness (QED) is 0.860. The Hall–Kier alpha value is -1.12. The van der Waals surface area contributed by atoms with Gasteiger partial charge in [0.25, 0.3) is 0 Å². The summed E-state index contributed by atoms with van der Waals surface area (Å²) in [5, 5.41) is 9.42. The second-order valence-corrected chi connectivity index (χ2v) is 4.85. The molecule has 5 heteroatoms. The fraction of sp³-hybridized carbons (Fsp3) is 0.500. The second-order valence-electron chi connectivity index (χ2n) is 3.94. The van der Waals surface area contributed by atoms with Gasteiger partial charge in [0.05, 0.1) is 19.3 Å². The van der Waals surface area contributed by atoms with Crippen LogP contribution in [0.3, 0.4) is 0 Å². The van der Waals surface area contributed by atoms with Crippen molar-refractivity contribution >= 4 is 15.9 Å². The summed E-state index contributed by atoms with van der Waals surface area (Å²) >= 11 is 3.38. The zero-order chi connectivity index (χ0) is 12.3. The Morgan fingerprint density at radius 3 is 3.12 bits per heavy atom. The third-order valence-corrected chi connectivity index (χ3v) is 3.28. The molecule has 1 saturated heterocycles. The van der Waals surface area contributed by atoms with Gasteiger partial charge in [-0.05, 0) is 35.3 Å². The van der Waals surface area contributed by atoms with Crippen LogP contribution in [-0.2, 0) is 10.2 Å². The van der Waals surface area contributed by atoms with Gasteiger partial charge in [0.2, 0.25) is 5.88 Å². The lowest BCUT2D eigenvalue weighted by Crippen LogP contribution is -2.25. The number of aromatic nitrogens is 1. The molecule has 0 spiro atoms. The average Bonchev–Trinajstić information content (AvgIpc) is 2.81. The molecule has 17 heavy (non-hydrogen) atoms. The van der Waals surface area contributed by atoms with Gasteiger partial charge in [-0.2, -0.15) is 5.26 Å². The molecule has 2 rings (SSSR count). The van der Waals surface area contributed by atoms with Gasteiger partial charge in [0.15, 0.2) is 0 Å². The van der Waals surface area contributed by atoms with E-state index in [1.807, 2.05) is 13.0 Å². The van der Waals surface area contributed by atoms with Crippen LogP contribution in [0.2, 0.25) is 0 Å². The monoisotopic (exact) mass is 296 g/mol. The van der Waals surface area contributed by atoms with Crippen molar-refractivity contribution in [3.63, 3.8) is 0 Å². The van der Waals surface area contributed by atoms with E-state index in [4.69, 9.17) is 9.47 Å². The second kappa shape index (κ2) is 5.03. The summed E-state index contributed by atoms with van der Waals surface area (Å²) in [5.74, 6) is 0.530. The third kappa shape index (κ3) is 2.28. The average molecular weight is 297 g/mol. The van der Waals surface area contributed by atoms with Crippen LogP contribution in [0.1, 0.15) is 18.9 Å². The Balaban J connectivity index is 2.48. The summed E-state index contributed by atoms with van der Waals surface area (Å²) in [6.07, 6.45) is 2.36. The van der Waals surface area contributed by atoms with E-state index in [2.05, 4.69) is 27.0 Å². The van der Waals surface area contributed by atoms with Gasteiger partial charge in [-0.1, -0.05) is 0 Å². The highest BCUT2D eigenvalue weighted by Crippen LogP contribution is 2.38. The van der Waals surface area contributed by atoms with Crippen molar-refractivity contribution in [1.29, 1.82) is 5.26 Å². The first-order chi connectivity index (χ1) is 8.22. The molecule has 1 unspecified atom stereocenters. The smallest absolute Gasteiger partial charge is 0.218 e. The number of pyridine rings is 1. The highest BCUT2D eigenvalue weighted by atomic mass is 79.9. The van der Waals surface area contributed by atoms with Gasteiger partial charge in [0.1, 0.15) is 5.41 Å². The van der Waals surface area contributed by atoms with Gasteiger partial charge in [0, 0.05) is 22.8 Å². The number of hydrogen-bond donors (Lipinski definition) is 0. The highest BCUT2D eigenvalue weighted by molar-refractivity contribution is 9.10. The Labute approximate surface area is 109 Å². The number of halogens is 1. The van der Waals surface area contributed by atoms with Crippen molar-refractivity contribution in [1.82, 2.24) is 4.98 Å². The molecule has 0 aliphatic carbocycles. The summed E-state index contributed by atoms with van der Waals surface area (Å²) in [5.41, 5.74) is 0.190. The molecule has 1 atom stereocenters. The predicted octanol–water partition coefficient (Wildman–Crippen LogP) is 2.42. The summed E-state index contributed by atoms with van der Waals surface area (Å²) in [6.45, 7) is 3.44. The SMILES string of the molecule is CCOc1ncc(Br)cc1C1(C#N)CCOC1. The lowest BCUT2D eigenvalue weighted by molar-refractivity contribution is 0.185. The number of rotatable bonds is 3. The molecule has 1 aromatic heterocycles. The number of nitriles is 1. The third-order valence-electron chi connectivity index (χ3n) is 2.85. The highest BCUT2D eigenvalue weighted by Gasteiger charge is 2.40. The van der Waals surface area contributed by atoms with Crippen LogP contribution >= 0.6 is 15.9 Å².